The highest BCUT2D eigenvalue weighted by molar-refractivity contribution is 7.09. The molecular formula is C15H19N5O2S. The molecule has 1 amide bonds. The van der Waals surface area contributed by atoms with Gasteiger partial charge in [0, 0.05) is 49.6 Å². The van der Waals surface area contributed by atoms with E-state index in [9.17, 15) is 9.59 Å². The fourth-order valence-electron chi connectivity index (χ4n) is 2.76. The molecule has 1 N–H and O–H groups in total. The minimum Gasteiger partial charge on any atom is -0.351 e. The van der Waals surface area contributed by atoms with Gasteiger partial charge < -0.3 is 14.8 Å². The number of piperidine rings is 1. The number of aromatic nitrogens is 3. The van der Waals surface area contributed by atoms with E-state index >= 15 is 0 Å². The van der Waals surface area contributed by atoms with E-state index < -0.39 is 0 Å². The van der Waals surface area contributed by atoms with Crippen LogP contribution in [-0.4, -0.2) is 39.6 Å². The van der Waals surface area contributed by atoms with Crippen LogP contribution in [-0.2, 0) is 18.3 Å². The molecule has 122 valence electrons. The molecule has 0 radical (unpaired) electrons. The molecule has 0 spiro atoms. The summed E-state index contributed by atoms with van der Waals surface area (Å²) in [5.74, 6) is 0.450. The third-order valence-corrected chi connectivity index (χ3v) is 4.68. The Kier molecular flexibility index (Phi) is 4.71. The molecule has 0 aliphatic carbocycles. The highest BCUT2D eigenvalue weighted by Crippen LogP contribution is 2.15. The quantitative estimate of drug-likeness (QED) is 0.884. The van der Waals surface area contributed by atoms with E-state index in [1.54, 1.807) is 31.1 Å². The summed E-state index contributed by atoms with van der Waals surface area (Å²) in [7, 11) is 1.71. The lowest BCUT2D eigenvalue weighted by Crippen LogP contribution is -2.49. The van der Waals surface area contributed by atoms with Crippen LogP contribution in [0.1, 0.15) is 17.7 Å². The Bertz CT molecular complexity index is 728. The second-order valence-electron chi connectivity index (χ2n) is 5.66. The fourth-order valence-corrected chi connectivity index (χ4v) is 3.35. The average Bonchev–Trinajstić information content (AvgIpc) is 3.03. The molecule has 1 fully saturated rings. The number of nitrogens with one attached hydrogen (secondary N) is 1. The second-order valence-corrected chi connectivity index (χ2v) is 6.64. The number of carbonyl (C=O) groups is 1. The molecule has 0 saturated carbocycles. The Balaban J connectivity index is 1.63. The van der Waals surface area contributed by atoms with Gasteiger partial charge in [0.25, 0.3) is 5.56 Å². The van der Waals surface area contributed by atoms with Crippen LogP contribution in [0.2, 0.25) is 0 Å². The summed E-state index contributed by atoms with van der Waals surface area (Å²) in [6, 6.07) is 0.0379. The molecule has 2 aromatic rings. The summed E-state index contributed by atoms with van der Waals surface area (Å²) >= 11 is 1.48. The molecule has 1 atom stereocenters. The summed E-state index contributed by atoms with van der Waals surface area (Å²) in [5, 5.41) is 3.05. The molecule has 0 bridgehead atoms. The molecule has 1 saturated heterocycles. The summed E-state index contributed by atoms with van der Waals surface area (Å²) in [6.07, 6.45) is 7.18. The number of amides is 1. The standard InChI is InChI=1S/C15H19N5O2S/c1-19-6-4-17-14(15(19)22)20-5-2-3-11(9-20)18-13(21)7-12-8-16-10-23-12/h4,6,8,10-11H,2-3,5,7,9H2,1H3,(H,18,21). The topological polar surface area (TPSA) is 80.1 Å². The highest BCUT2D eigenvalue weighted by Gasteiger charge is 2.24. The van der Waals surface area contributed by atoms with E-state index in [4.69, 9.17) is 0 Å². The molecular weight excluding hydrogens is 314 g/mol. The molecule has 0 aromatic carbocycles. The molecule has 1 unspecified atom stereocenters. The summed E-state index contributed by atoms with van der Waals surface area (Å²) < 4.78 is 1.52. The third-order valence-electron chi connectivity index (χ3n) is 3.90. The maximum absolute atomic E-state index is 12.2. The summed E-state index contributed by atoms with van der Waals surface area (Å²) in [4.78, 5) is 35.4. The summed E-state index contributed by atoms with van der Waals surface area (Å²) in [6.45, 7) is 1.40. The molecule has 8 heteroatoms. The van der Waals surface area contributed by atoms with Gasteiger partial charge in [0.1, 0.15) is 0 Å². The second kappa shape index (κ2) is 6.91. The van der Waals surface area contributed by atoms with Crippen molar-refractivity contribution in [3.8, 4) is 0 Å². The Morgan fingerprint density at radius 1 is 1.52 bits per heavy atom. The van der Waals surface area contributed by atoms with E-state index in [-0.39, 0.29) is 17.5 Å². The van der Waals surface area contributed by atoms with Gasteiger partial charge in [-0.2, -0.15) is 0 Å². The number of anilines is 1. The normalized spacial score (nSPS) is 18.0. The van der Waals surface area contributed by atoms with E-state index in [2.05, 4.69) is 15.3 Å². The first kappa shape index (κ1) is 15.7. The SMILES string of the molecule is Cn1ccnc(N2CCCC(NC(=O)Cc3cncs3)C2)c1=O. The van der Waals surface area contributed by atoms with Crippen molar-refractivity contribution in [2.45, 2.75) is 25.3 Å². The Morgan fingerprint density at radius 3 is 3.17 bits per heavy atom. The third kappa shape index (κ3) is 3.76. The van der Waals surface area contributed by atoms with Gasteiger partial charge >= 0.3 is 0 Å². The predicted molar refractivity (Wildman–Crippen MR) is 88.7 cm³/mol. The first-order valence-electron chi connectivity index (χ1n) is 7.57. The van der Waals surface area contributed by atoms with Crippen molar-refractivity contribution in [3.05, 3.63) is 39.3 Å². The number of rotatable bonds is 4. The van der Waals surface area contributed by atoms with Crippen LogP contribution in [0, 0.1) is 0 Å². The largest absolute Gasteiger partial charge is 0.351 e. The Hall–Kier alpha value is -2.22. The first-order valence-corrected chi connectivity index (χ1v) is 8.45. The van der Waals surface area contributed by atoms with Crippen LogP contribution in [0.15, 0.2) is 28.9 Å². The molecule has 1 aliphatic rings. The van der Waals surface area contributed by atoms with Gasteiger partial charge in [-0.1, -0.05) is 0 Å². The monoisotopic (exact) mass is 333 g/mol. The zero-order valence-electron chi connectivity index (χ0n) is 12.9. The van der Waals surface area contributed by atoms with E-state index in [0.29, 0.717) is 18.8 Å². The molecule has 1 aliphatic heterocycles. The van der Waals surface area contributed by atoms with Crippen LogP contribution >= 0.6 is 11.3 Å². The van der Waals surface area contributed by atoms with Crippen LogP contribution in [0.5, 0.6) is 0 Å². The lowest BCUT2D eigenvalue weighted by atomic mass is 10.1. The van der Waals surface area contributed by atoms with E-state index in [1.807, 2.05) is 4.90 Å². The molecule has 7 nitrogen and oxygen atoms in total. The zero-order valence-corrected chi connectivity index (χ0v) is 13.8. The van der Waals surface area contributed by atoms with Crippen LogP contribution in [0.4, 0.5) is 5.82 Å². The van der Waals surface area contributed by atoms with Gasteiger partial charge in [-0.25, -0.2) is 4.98 Å². The number of aryl methyl sites for hydroxylation is 1. The smallest absolute Gasteiger partial charge is 0.293 e. The zero-order chi connectivity index (χ0) is 16.2. The molecule has 23 heavy (non-hydrogen) atoms. The van der Waals surface area contributed by atoms with Crippen molar-refractivity contribution in [1.29, 1.82) is 0 Å². The fraction of sp³-hybridized carbons (Fsp3) is 0.467. The van der Waals surface area contributed by atoms with Gasteiger partial charge in [0.2, 0.25) is 5.91 Å². The summed E-state index contributed by atoms with van der Waals surface area (Å²) in [5.41, 5.74) is 1.62. The number of thiazole rings is 1. The van der Waals surface area contributed by atoms with Crippen molar-refractivity contribution in [2.75, 3.05) is 18.0 Å². The van der Waals surface area contributed by atoms with Crippen molar-refractivity contribution < 1.29 is 4.79 Å². The van der Waals surface area contributed by atoms with Crippen molar-refractivity contribution >= 4 is 23.1 Å². The van der Waals surface area contributed by atoms with Gasteiger partial charge in [-0.05, 0) is 12.8 Å². The van der Waals surface area contributed by atoms with Gasteiger partial charge in [-0.15, -0.1) is 11.3 Å². The number of hydrogen-bond donors (Lipinski definition) is 1. The lowest BCUT2D eigenvalue weighted by molar-refractivity contribution is -0.121. The maximum Gasteiger partial charge on any atom is 0.293 e. The maximum atomic E-state index is 12.2. The van der Waals surface area contributed by atoms with Gasteiger partial charge in [0.05, 0.1) is 11.9 Å². The number of hydrogen-bond acceptors (Lipinski definition) is 6. The van der Waals surface area contributed by atoms with Crippen LogP contribution in [0.3, 0.4) is 0 Å². The lowest BCUT2D eigenvalue weighted by Gasteiger charge is -2.33. The minimum absolute atomic E-state index is 0.00461. The number of nitrogens with zero attached hydrogens (tertiary/aromatic N) is 4. The van der Waals surface area contributed by atoms with E-state index in [0.717, 1.165) is 24.3 Å². The van der Waals surface area contributed by atoms with Crippen molar-refractivity contribution in [2.24, 2.45) is 7.05 Å². The predicted octanol–water partition coefficient (Wildman–Crippen LogP) is 0.564. The Labute approximate surface area is 138 Å². The van der Waals surface area contributed by atoms with Crippen molar-refractivity contribution in [3.63, 3.8) is 0 Å². The Morgan fingerprint density at radius 2 is 2.39 bits per heavy atom. The minimum atomic E-state index is -0.107. The van der Waals surface area contributed by atoms with Crippen LogP contribution in [0.25, 0.3) is 0 Å². The highest BCUT2D eigenvalue weighted by atomic mass is 32.1. The molecule has 3 rings (SSSR count). The van der Waals surface area contributed by atoms with Gasteiger partial charge in [-0.3, -0.25) is 14.6 Å². The number of carbonyl (C=O) groups excluding carboxylic acids is 1. The molecule has 3 heterocycles. The molecule has 2 aromatic heterocycles. The van der Waals surface area contributed by atoms with Gasteiger partial charge in [0.15, 0.2) is 5.82 Å². The first-order chi connectivity index (χ1) is 11.1. The average molecular weight is 333 g/mol. The van der Waals surface area contributed by atoms with Crippen molar-refractivity contribution in [1.82, 2.24) is 19.9 Å². The van der Waals surface area contributed by atoms with E-state index in [1.165, 1.54) is 15.9 Å². The van der Waals surface area contributed by atoms with Crippen LogP contribution < -0.4 is 15.8 Å².